The van der Waals surface area contributed by atoms with Crippen LogP contribution in [0.3, 0.4) is 0 Å². The van der Waals surface area contributed by atoms with E-state index in [4.69, 9.17) is 0 Å². The Hall–Kier alpha value is -0.0400. The van der Waals surface area contributed by atoms with Crippen molar-refractivity contribution in [1.82, 2.24) is 5.32 Å². The summed E-state index contributed by atoms with van der Waals surface area (Å²) < 4.78 is 0. The third-order valence-corrected chi connectivity index (χ3v) is 3.54. The van der Waals surface area contributed by atoms with Gasteiger partial charge in [0.05, 0.1) is 0 Å². The van der Waals surface area contributed by atoms with Gasteiger partial charge in [0.25, 0.3) is 0 Å². The zero-order valence-corrected chi connectivity index (χ0v) is 7.47. The molecule has 0 aromatic carbocycles. The molecule has 2 rings (SSSR count). The number of rotatable bonds is 1. The molecule has 64 valence electrons. The molecule has 2 fully saturated rings. The van der Waals surface area contributed by atoms with Gasteiger partial charge in [0, 0.05) is 6.04 Å². The van der Waals surface area contributed by atoms with Crippen molar-refractivity contribution >= 4 is 0 Å². The van der Waals surface area contributed by atoms with Crippen LogP contribution >= 0.6 is 0 Å². The summed E-state index contributed by atoms with van der Waals surface area (Å²) in [5.74, 6) is 2.14. The average molecular weight is 153 g/mol. The van der Waals surface area contributed by atoms with E-state index >= 15 is 0 Å². The van der Waals surface area contributed by atoms with Gasteiger partial charge in [0.1, 0.15) is 0 Å². The van der Waals surface area contributed by atoms with Crippen LogP contribution in [-0.4, -0.2) is 13.1 Å². The molecule has 1 nitrogen and oxygen atoms in total. The first-order valence-corrected chi connectivity index (χ1v) is 5.05. The first-order valence-electron chi connectivity index (χ1n) is 5.05. The molecular formula is C10H19N. The van der Waals surface area contributed by atoms with Crippen molar-refractivity contribution in [2.75, 3.05) is 7.05 Å². The molecule has 0 spiro atoms. The third kappa shape index (κ3) is 1.58. The summed E-state index contributed by atoms with van der Waals surface area (Å²) in [6, 6.07) is 0.846. The van der Waals surface area contributed by atoms with Gasteiger partial charge in [0.2, 0.25) is 0 Å². The molecule has 0 aliphatic heterocycles. The summed E-state index contributed by atoms with van der Waals surface area (Å²) in [4.78, 5) is 0. The molecule has 1 heteroatoms. The molecule has 2 saturated carbocycles. The fourth-order valence-corrected chi connectivity index (χ4v) is 2.97. The lowest BCUT2D eigenvalue weighted by Crippen LogP contribution is -2.37. The lowest BCUT2D eigenvalue weighted by Gasteiger charge is -2.38. The second kappa shape index (κ2) is 3.14. The fourth-order valence-electron chi connectivity index (χ4n) is 2.97. The normalized spacial score (nSPS) is 43.9. The monoisotopic (exact) mass is 153 g/mol. The number of hydrogen-bond donors (Lipinski definition) is 1. The smallest absolute Gasteiger partial charge is 0.00693 e. The van der Waals surface area contributed by atoms with Crippen LogP contribution in [0.25, 0.3) is 0 Å². The van der Waals surface area contributed by atoms with Crippen molar-refractivity contribution in [1.29, 1.82) is 0 Å². The van der Waals surface area contributed by atoms with E-state index in [9.17, 15) is 0 Å². The maximum absolute atomic E-state index is 3.43. The van der Waals surface area contributed by atoms with Gasteiger partial charge in [-0.15, -0.1) is 0 Å². The summed E-state index contributed by atoms with van der Waals surface area (Å²) in [7, 11) is 2.12. The van der Waals surface area contributed by atoms with E-state index in [-0.39, 0.29) is 0 Å². The first kappa shape index (κ1) is 7.60. The lowest BCUT2D eigenvalue weighted by molar-refractivity contribution is 0.158. The van der Waals surface area contributed by atoms with Crippen molar-refractivity contribution in [2.24, 2.45) is 11.8 Å². The topological polar surface area (TPSA) is 12.0 Å². The minimum absolute atomic E-state index is 0.846. The molecule has 0 heterocycles. The zero-order valence-electron chi connectivity index (χ0n) is 7.47. The van der Waals surface area contributed by atoms with Crippen LogP contribution < -0.4 is 5.32 Å². The van der Waals surface area contributed by atoms with E-state index in [0.29, 0.717) is 0 Å². The van der Waals surface area contributed by atoms with Crippen LogP contribution in [0.15, 0.2) is 0 Å². The molecule has 2 unspecified atom stereocenters. The van der Waals surface area contributed by atoms with Gasteiger partial charge in [-0.05, 0) is 38.1 Å². The highest BCUT2D eigenvalue weighted by Gasteiger charge is 2.30. The van der Waals surface area contributed by atoms with Crippen LogP contribution in [0, 0.1) is 11.8 Å². The Labute approximate surface area is 69.6 Å². The average Bonchev–Trinajstić information content (AvgIpc) is 2.03. The van der Waals surface area contributed by atoms with Gasteiger partial charge >= 0.3 is 0 Å². The minimum Gasteiger partial charge on any atom is -0.317 e. The number of fused-ring (bicyclic) bond motifs is 2. The van der Waals surface area contributed by atoms with Gasteiger partial charge in [-0.25, -0.2) is 0 Å². The zero-order chi connectivity index (χ0) is 7.68. The summed E-state index contributed by atoms with van der Waals surface area (Å²) >= 11 is 0. The van der Waals surface area contributed by atoms with Gasteiger partial charge in [0.15, 0.2) is 0 Å². The quantitative estimate of drug-likeness (QED) is 0.609. The number of nitrogens with one attached hydrogen (secondary N) is 1. The molecule has 2 aliphatic rings. The molecule has 0 aromatic rings. The summed E-state index contributed by atoms with van der Waals surface area (Å²) in [5.41, 5.74) is 0. The van der Waals surface area contributed by atoms with Crippen LogP contribution in [0.1, 0.15) is 38.5 Å². The van der Waals surface area contributed by atoms with E-state index in [1.807, 2.05) is 0 Å². The fraction of sp³-hybridized carbons (Fsp3) is 1.00. The predicted octanol–water partition coefficient (Wildman–Crippen LogP) is 2.17. The van der Waals surface area contributed by atoms with Gasteiger partial charge in [-0.2, -0.15) is 0 Å². The molecule has 2 aliphatic carbocycles. The van der Waals surface area contributed by atoms with Crippen molar-refractivity contribution in [3.8, 4) is 0 Å². The molecule has 11 heavy (non-hydrogen) atoms. The summed E-state index contributed by atoms with van der Waals surface area (Å²) in [6.45, 7) is 0. The van der Waals surface area contributed by atoms with E-state index in [2.05, 4.69) is 12.4 Å². The maximum atomic E-state index is 3.43. The van der Waals surface area contributed by atoms with Crippen LogP contribution in [0.2, 0.25) is 0 Å². The maximum Gasteiger partial charge on any atom is 0.00693 e. The van der Waals surface area contributed by atoms with Crippen LogP contribution in [0.4, 0.5) is 0 Å². The largest absolute Gasteiger partial charge is 0.317 e. The number of hydrogen-bond acceptors (Lipinski definition) is 1. The van der Waals surface area contributed by atoms with Gasteiger partial charge in [-0.1, -0.05) is 19.3 Å². The molecule has 2 atom stereocenters. The Morgan fingerprint density at radius 2 is 1.64 bits per heavy atom. The van der Waals surface area contributed by atoms with Crippen molar-refractivity contribution in [2.45, 2.75) is 44.6 Å². The van der Waals surface area contributed by atoms with Crippen LogP contribution in [0.5, 0.6) is 0 Å². The highest BCUT2D eigenvalue weighted by atomic mass is 14.9. The highest BCUT2D eigenvalue weighted by Crippen LogP contribution is 2.39. The standard InChI is InChI=1S/C10H19N/c1-11-10-6-8-3-2-4-9(5-8)7-10/h8-11H,2-7H2,1H3. The Morgan fingerprint density at radius 1 is 1.00 bits per heavy atom. The molecule has 2 bridgehead atoms. The Bertz CT molecular complexity index is 121. The van der Waals surface area contributed by atoms with Gasteiger partial charge in [-0.3, -0.25) is 0 Å². The molecule has 1 N–H and O–H groups in total. The Kier molecular flexibility index (Phi) is 2.17. The third-order valence-electron chi connectivity index (χ3n) is 3.54. The van der Waals surface area contributed by atoms with E-state index in [1.165, 1.54) is 38.5 Å². The first-order chi connectivity index (χ1) is 5.38. The van der Waals surface area contributed by atoms with Crippen molar-refractivity contribution in [3.05, 3.63) is 0 Å². The van der Waals surface area contributed by atoms with Crippen molar-refractivity contribution < 1.29 is 0 Å². The Morgan fingerprint density at radius 3 is 2.18 bits per heavy atom. The molecular weight excluding hydrogens is 134 g/mol. The summed E-state index contributed by atoms with van der Waals surface area (Å²) in [5, 5.41) is 3.43. The lowest BCUT2D eigenvalue weighted by atomic mass is 9.70. The van der Waals surface area contributed by atoms with E-state index in [0.717, 1.165) is 17.9 Å². The molecule has 0 radical (unpaired) electrons. The molecule has 0 saturated heterocycles. The Balaban J connectivity index is 1.94. The molecule has 0 aromatic heterocycles. The molecule has 0 amide bonds. The minimum atomic E-state index is 0.846. The van der Waals surface area contributed by atoms with Crippen molar-refractivity contribution in [3.63, 3.8) is 0 Å². The highest BCUT2D eigenvalue weighted by molar-refractivity contribution is 4.85. The van der Waals surface area contributed by atoms with E-state index in [1.54, 1.807) is 0 Å². The van der Waals surface area contributed by atoms with Gasteiger partial charge < -0.3 is 5.32 Å². The van der Waals surface area contributed by atoms with E-state index < -0.39 is 0 Å². The van der Waals surface area contributed by atoms with Crippen LogP contribution in [-0.2, 0) is 0 Å². The SMILES string of the molecule is CNC1CC2CCCC(C2)C1. The second-order valence-electron chi connectivity index (χ2n) is 4.36. The predicted molar refractivity (Wildman–Crippen MR) is 47.5 cm³/mol. The summed E-state index contributed by atoms with van der Waals surface area (Å²) in [6.07, 6.45) is 8.97. The second-order valence-corrected chi connectivity index (χ2v) is 4.36.